The zero-order valence-electron chi connectivity index (χ0n) is 21.9. The van der Waals surface area contributed by atoms with Crippen molar-refractivity contribution in [1.82, 2.24) is 5.32 Å². The minimum atomic E-state index is -1.18. The SMILES string of the molecule is CCCCCCCCCCCCCCC(O)C(O)C(CO)NC(=O)CCCCCCC(=O)OC. The zero-order valence-corrected chi connectivity index (χ0v) is 21.9. The molecule has 0 rings (SSSR count). The Morgan fingerprint density at radius 2 is 1.21 bits per heavy atom. The van der Waals surface area contributed by atoms with E-state index in [1.807, 2.05) is 0 Å². The molecule has 7 nitrogen and oxygen atoms in total. The molecule has 0 radical (unpaired) electrons. The number of hydrogen-bond donors (Lipinski definition) is 4. The van der Waals surface area contributed by atoms with E-state index in [1.165, 1.54) is 64.9 Å². The maximum absolute atomic E-state index is 12.1. The summed E-state index contributed by atoms with van der Waals surface area (Å²) in [4.78, 5) is 23.2. The van der Waals surface area contributed by atoms with Gasteiger partial charge in [-0.1, -0.05) is 96.8 Å². The van der Waals surface area contributed by atoms with Crippen LogP contribution in [0, 0.1) is 0 Å². The number of amides is 1. The Kier molecular flexibility index (Phi) is 22.7. The lowest BCUT2D eigenvalue weighted by Gasteiger charge is -2.26. The van der Waals surface area contributed by atoms with Crippen LogP contribution < -0.4 is 5.32 Å². The molecule has 0 spiro atoms. The smallest absolute Gasteiger partial charge is 0.305 e. The van der Waals surface area contributed by atoms with Gasteiger partial charge >= 0.3 is 5.97 Å². The van der Waals surface area contributed by atoms with Gasteiger partial charge in [0.15, 0.2) is 0 Å². The first-order valence-corrected chi connectivity index (χ1v) is 13.8. The Morgan fingerprint density at radius 1 is 0.735 bits per heavy atom. The lowest BCUT2D eigenvalue weighted by molar-refractivity contribution is -0.140. The van der Waals surface area contributed by atoms with Gasteiger partial charge in [0.05, 0.1) is 25.9 Å². The zero-order chi connectivity index (χ0) is 25.4. The van der Waals surface area contributed by atoms with Crippen LogP contribution in [0.25, 0.3) is 0 Å². The van der Waals surface area contributed by atoms with Gasteiger partial charge in [0.1, 0.15) is 6.10 Å². The molecule has 0 aromatic carbocycles. The van der Waals surface area contributed by atoms with E-state index in [9.17, 15) is 24.9 Å². The molecule has 0 bridgehead atoms. The van der Waals surface area contributed by atoms with Gasteiger partial charge in [-0.25, -0.2) is 0 Å². The number of carbonyl (C=O) groups excluding carboxylic acids is 2. The van der Waals surface area contributed by atoms with Crippen molar-refractivity contribution in [1.29, 1.82) is 0 Å². The monoisotopic (exact) mass is 487 g/mol. The maximum Gasteiger partial charge on any atom is 0.305 e. The first-order chi connectivity index (χ1) is 16.5. The Morgan fingerprint density at radius 3 is 1.71 bits per heavy atom. The van der Waals surface area contributed by atoms with Crippen LogP contribution in [0.1, 0.15) is 129 Å². The highest BCUT2D eigenvalue weighted by Crippen LogP contribution is 2.15. The number of aliphatic hydroxyl groups excluding tert-OH is 3. The molecule has 202 valence electrons. The predicted octanol–water partition coefficient (Wildman–Crippen LogP) is 4.79. The summed E-state index contributed by atoms with van der Waals surface area (Å²) in [6, 6.07) is -0.862. The van der Waals surface area contributed by atoms with E-state index in [-0.39, 0.29) is 18.3 Å². The molecule has 4 N–H and O–H groups in total. The van der Waals surface area contributed by atoms with Crippen LogP contribution in [0.5, 0.6) is 0 Å². The summed E-state index contributed by atoms with van der Waals surface area (Å²) in [5.41, 5.74) is 0. The summed E-state index contributed by atoms with van der Waals surface area (Å²) < 4.78 is 4.59. The molecule has 1 amide bonds. The molecule has 0 aromatic rings. The normalized spacial score (nSPS) is 13.9. The van der Waals surface area contributed by atoms with Gasteiger partial charge < -0.3 is 25.4 Å². The van der Waals surface area contributed by atoms with Gasteiger partial charge in [0, 0.05) is 12.8 Å². The predicted molar refractivity (Wildman–Crippen MR) is 136 cm³/mol. The summed E-state index contributed by atoms with van der Waals surface area (Å²) in [5, 5.41) is 32.8. The highest BCUT2D eigenvalue weighted by molar-refractivity contribution is 5.76. The second-order valence-corrected chi connectivity index (χ2v) is 9.58. The number of rotatable bonds is 24. The van der Waals surface area contributed by atoms with Gasteiger partial charge in [-0.05, 0) is 19.3 Å². The Bertz CT molecular complexity index is 488. The fourth-order valence-electron chi connectivity index (χ4n) is 4.16. The minimum absolute atomic E-state index is 0.223. The van der Waals surface area contributed by atoms with Crippen LogP contribution in [-0.2, 0) is 14.3 Å². The lowest BCUT2D eigenvalue weighted by Crippen LogP contribution is -2.50. The first kappa shape index (κ1) is 32.8. The highest BCUT2D eigenvalue weighted by Gasteiger charge is 2.26. The number of methoxy groups -OCH3 is 1. The van der Waals surface area contributed by atoms with E-state index < -0.39 is 24.9 Å². The number of esters is 1. The van der Waals surface area contributed by atoms with Crippen molar-refractivity contribution in [2.24, 2.45) is 0 Å². The van der Waals surface area contributed by atoms with Crippen LogP contribution in [0.2, 0.25) is 0 Å². The van der Waals surface area contributed by atoms with Gasteiger partial charge in [0.2, 0.25) is 5.91 Å². The third-order valence-electron chi connectivity index (χ3n) is 6.47. The molecule has 34 heavy (non-hydrogen) atoms. The van der Waals surface area contributed by atoms with Crippen LogP contribution >= 0.6 is 0 Å². The van der Waals surface area contributed by atoms with E-state index in [0.717, 1.165) is 38.5 Å². The van der Waals surface area contributed by atoms with E-state index >= 15 is 0 Å². The van der Waals surface area contributed by atoms with E-state index in [2.05, 4.69) is 17.0 Å². The average molecular weight is 488 g/mol. The summed E-state index contributed by atoms with van der Waals surface area (Å²) >= 11 is 0. The van der Waals surface area contributed by atoms with Crippen molar-refractivity contribution in [2.45, 2.75) is 147 Å². The van der Waals surface area contributed by atoms with Crippen LogP contribution in [0.4, 0.5) is 0 Å². The van der Waals surface area contributed by atoms with Crippen molar-refractivity contribution >= 4 is 11.9 Å². The fourth-order valence-corrected chi connectivity index (χ4v) is 4.16. The van der Waals surface area contributed by atoms with Crippen molar-refractivity contribution in [2.75, 3.05) is 13.7 Å². The minimum Gasteiger partial charge on any atom is -0.469 e. The molecule has 0 aliphatic carbocycles. The Labute approximate surface area is 208 Å². The number of unbranched alkanes of at least 4 members (excludes halogenated alkanes) is 14. The second kappa shape index (κ2) is 23.6. The molecule has 3 unspecified atom stereocenters. The maximum atomic E-state index is 12.1. The number of carbonyl (C=O) groups is 2. The summed E-state index contributed by atoms with van der Waals surface area (Å²) in [7, 11) is 1.37. The average Bonchev–Trinajstić information content (AvgIpc) is 2.84. The van der Waals surface area contributed by atoms with Crippen LogP contribution in [0.15, 0.2) is 0 Å². The molecule has 3 atom stereocenters. The number of nitrogens with one attached hydrogen (secondary N) is 1. The molecule has 0 aromatic heterocycles. The van der Waals surface area contributed by atoms with Gasteiger partial charge in [-0.15, -0.1) is 0 Å². The lowest BCUT2D eigenvalue weighted by atomic mass is 9.99. The highest BCUT2D eigenvalue weighted by atomic mass is 16.5. The van der Waals surface area contributed by atoms with Crippen molar-refractivity contribution in [3.05, 3.63) is 0 Å². The van der Waals surface area contributed by atoms with Gasteiger partial charge in [-0.2, -0.15) is 0 Å². The first-order valence-electron chi connectivity index (χ1n) is 13.8. The van der Waals surface area contributed by atoms with E-state index in [0.29, 0.717) is 19.3 Å². The molecular formula is C27H53NO6. The molecule has 0 aliphatic rings. The van der Waals surface area contributed by atoms with Crippen LogP contribution in [-0.4, -0.2) is 59.2 Å². The fraction of sp³-hybridized carbons (Fsp3) is 0.926. The topological polar surface area (TPSA) is 116 Å². The standard InChI is InChI=1S/C27H53NO6/c1-3-4-5-6-7-8-9-10-11-12-13-16-19-24(30)27(33)23(22-29)28-25(31)20-17-14-15-18-21-26(32)34-2/h23-24,27,29-30,33H,3-22H2,1-2H3,(H,28,31). The Balaban J connectivity index is 3.80. The molecule has 7 heteroatoms. The second-order valence-electron chi connectivity index (χ2n) is 9.58. The third kappa shape index (κ3) is 19.2. The number of hydrogen-bond acceptors (Lipinski definition) is 6. The molecule has 0 saturated heterocycles. The van der Waals surface area contributed by atoms with Crippen molar-refractivity contribution < 1.29 is 29.6 Å². The molecular weight excluding hydrogens is 434 g/mol. The van der Waals surface area contributed by atoms with Gasteiger partial charge in [0.25, 0.3) is 0 Å². The largest absolute Gasteiger partial charge is 0.469 e. The molecule has 0 fully saturated rings. The van der Waals surface area contributed by atoms with Crippen molar-refractivity contribution in [3.8, 4) is 0 Å². The number of ether oxygens (including phenoxy) is 1. The number of aliphatic hydroxyl groups is 3. The van der Waals surface area contributed by atoms with E-state index in [4.69, 9.17) is 0 Å². The summed E-state index contributed by atoms with van der Waals surface area (Å²) in [6.07, 6.45) is 16.9. The summed E-state index contributed by atoms with van der Waals surface area (Å²) in [6.45, 7) is 1.83. The molecule has 0 saturated carbocycles. The van der Waals surface area contributed by atoms with Crippen molar-refractivity contribution in [3.63, 3.8) is 0 Å². The summed E-state index contributed by atoms with van der Waals surface area (Å²) in [5.74, 6) is -0.469. The van der Waals surface area contributed by atoms with E-state index in [1.54, 1.807) is 0 Å². The quantitative estimate of drug-likeness (QED) is 0.115. The Hall–Kier alpha value is -1.18. The molecule has 0 aliphatic heterocycles. The molecule has 0 heterocycles. The third-order valence-corrected chi connectivity index (χ3v) is 6.47. The van der Waals surface area contributed by atoms with Gasteiger partial charge in [-0.3, -0.25) is 9.59 Å². The van der Waals surface area contributed by atoms with Crippen LogP contribution in [0.3, 0.4) is 0 Å².